The fourth-order valence-corrected chi connectivity index (χ4v) is 12.7. The van der Waals surface area contributed by atoms with E-state index >= 15 is 0 Å². The molecular weight excluding hydrogens is 1210 g/mol. The molecule has 0 amide bonds. The van der Waals surface area contributed by atoms with Crippen LogP contribution in [0.25, 0.3) is 0 Å². The van der Waals surface area contributed by atoms with E-state index in [1.54, 1.807) is 0 Å². The molecule has 2 unspecified atom stereocenters. The van der Waals surface area contributed by atoms with Crippen molar-refractivity contribution in [3.8, 4) is 0 Å². The van der Waals surface area contributed by atoms with E-state index in [2.05, 4.69) is 41.5 Å². The molecule has 546 valence electrons. The lowest BCUT2D eigenvalue weighted by molar-refractivity contribution is -0.161. The Balaban J connectivity index is 5.26. The average Bonchev–Trinajstić information content (AvgIpc) is 2.34. The molecule has 0 aromatic heterocycles. The van der Waals surface area contributed by atoms with E-state index in [1.165, 1.54) is 193 Å². The first-order valence-corrected chi connectivity index (χ1v) is 41.0. The second-order valence-electron chi connectivity index (χ2n) is 27.3. The van der Waals surface area contributed by atoms with Gasteiger partial charge in [-0.05, 0) is 37.5 Å². The molecule has 19 heteroatoms. The highest BCUT2D eigenvalue weighted by Crippen LogP contribution is 2.45. The minimum Gasteiger partial charge on any atom is -0.462 e. The molecular formula is C73H142O17P2. The summed E-state index contributed by atoms with van der Waals surface area (Å²) in [6.45, 7) is 9.55. The molecule has 0 bridgehead atoms. The molecule has 0 saturated heterocycles. The second kappa shape index (κ2) is 65.0. The Kier molecular flexibility index (Phi) is 63.7. The van der Waals surface area contributed by atoms with E-state index in [1.807, 2.05) is 0 Å². The van der Waals surface area contributed by atoms with Gasteiger partial charge < -0.3 is 33.8 Å². The standard InChI is InChI=1S/C73H142O17P2/c1-7-9-11-13-15-17-19-21-23-26-30-37-43-49-55-70(75)83-61-68(89-73(78)58-52-46-40-32-28-24-25-29-35-41-47-53-65(3)4)63-87-91(79,80)85-59-67(74)60-86-92(81,82)88-64-69(62-84-71(76)56-50-44-38-34-33-36-42-48-54-66(5)6)90-72(77)57-51-45-39-31-27-22-20-18-16-14-12-10-8-2/h65-69,74H,7-64H2,1-6H3,(H,79,80)(H,81,82)/t67-,68-,69-/m1/s1. The predicted molar refractivity (Wildman–Crippen MR) is 372 cm³/mol. The van der Waals surface area contributed by atoms with Gasteiger partial charge in [0, 0.05) is 25.7 Å². The van der Waals surface area contributed by atoms with Crippen LogP contribution in [0.1, 0.15) is 375 Å². The lowest BCUT2D eigenvalue weighted by Crippen LogP contribution is -2.30. The van der Waals surface area contributed by atoms with Crippen LogP contribution in [-0.4, -0.2) is 96.7 Å². The summed E-state index contributed by atoms with van der Waals surface area (Å²) in [5.74, 6) is -0.626. The Bertz CT molecular complexity index is 1790. The smallest absolute Gasteiger partial charge is 0.462 e. The molecule has 0 aromatic rings. The number of aliphatic hydroxyl groups is 1. The van der Waals surface area contributed by atoms with Crippen LogP contribution in [0.4, 0.5) is 0 Å². The zero-order valence-electron chi connectivity index (χ0n) is 59.9. The fraction of sp³-hybridized carbons (Fsp3) is 0.945. The highest BCUT2D eigenvalue weighted by Gasteiger charge is 2.30. The average molecular weight is 1350 g/mol. The summed E-state index contributed by atoms with van der Waals surface area (Å²) in [6, 6.07) is 0. The highest BCUT2D eigenvalue weighted by atomic mass is 31.2. The van der Waals surface area contributed by atoms with Crippen LogP contribution in [0.2, 0.25) is 0 Å². The van der Waals surface area contributed by atoms with Gasteiger partial charge in [0.25, 0.3) is 0 Å². The zero-order chi connectivity index (χ0) is 67.9. The molecule has 0 rings (SSSR count). The van der Waals surface area contributed by atoms with E-state index in [4.69, 9.17) is 37.0 Å². The van der Waals surface area contributed by atoms with E-state index < -0.39 is 97.5 Å². The third-order valence-electron chi connectivity index (χ3n) is 17.0. The van der Waals surface area contributed by atoms with Crippen molar-refractivity contribution in [1.82, 2.24) is 0 Å². The van der Waals surface area contributed by atoms with E-state index in [-0.39, 0.29) is 25.7 Å². The number of carbonyl (C=O) groups excluding carboxylic acids is 4. The largest absolute Gasteiger partial charge is 0.472 e. The van der Waals surface area contributed by atoms with Crippen molar-refractivity contribution in [2.24, 2.45) is 11.8 Å². The number of hydrogen-bond acceptors (Lipinski definition) is 15. The Labute approximate surface area is 562 Å². The van der Waals surface area contributed by atoms with Crippen molar-refractivity contribution in [3.05, 3.63) is 0 Å². The maximum atomic E-state index is 13.1. The van der Waals surface area contributed by atoms with E-state index in [0.29, 0.717) is 25.7 Å². The SMILES string of the molecule is CCCCCCCCCCCCCCCCC(=O)OC[C@H](COP(=O)(O)OC[C@@H](O)COP(=O)(O)OC[C@@H](COC(=O)CCCCCCCCCCC(C)C)OC(=O)CCCCCCCCCCCCCCC)OC(=O)CCCCCCCCCCCCCC(C)C. The molecule has 92 heavy (non-hydrogen) atoms. The maximum absolute atomic E-state index is 13.1. The van der Waals surface area contributed by atoms with Gasteiger partial charge in [-0.25, -0.2) is 9.13 Å². The number of rotatable bonds is 72. The van der Waals surface area contributed by atoms with Crippen molar-refractivity contribution in [2.45, 2.75) is 394 Å². The molecule has 0 aliphatic heterocycles. The normalized spacial score (nSPS) is 14.1. The number of carbonyl (C=O) groups is 4. The molecule has 0 saturated carbocycles. The summed E-state index contributed by atoms with van der Waals surface area (Å²) in [5.41, 5.74) is 0. The maximum Gasteiger partial charge on any atom is 0.472 e. The number of hydrogen-bond donors (Lipinski definition) is 3. The van der Waals surface area contributed by atoms with Crippen LogP contribution in [0.3, 0.4) is 0 Å². The lowest BCUT2D eigenvalue weighted by Gasteiger charge is -2.21. The lowest BCUT2D eigenvalue weighted by atomic mass is 10.0. The summed E-state index contributed by atoms with van der Waals surface area (Å²) < 4.78 is 68.4. The first kappa shape index (κ1) is 90.1. The number of unbranched alkanes of at least 4 members (excludes halogenated alkanes) is 42. The van der Waals surface area contributed by atoms with Gasteiger partial charge in [-0.3, -0.25) is 37.3 Å². The number of phosphoric ester groups is 2. The van der Waals surface area contributed by atoms with Crippen LogP contribution >= 0.6 is 15.6 Å². The van der Waals surface area contributed by atoms with Crippen LogP contribution in [-0.2, 0) is 65.4 Å². The Morgan fingerprint density at radius 3 is 0.739 bits per heavy atom. The summed E-state index contributed by atoms with van der Waals surface area (Å²) in [7, 11) is -9.91. The Hall–Kier alpha value is -1.94. The van der Waals surface area contributed by atoms with Gasteiger partial charge in [0.1, 0.15) is 19.3 Å². The van der Waals surface area contributed by atoms with Crippen molar-refractivity contribution < 1.29 is 80.2 Å². The Morgan fingerprint density at radius 2 is 0.500 bits per heavy atom. The molecule has 0 aliphatic carbocycles. The van der Waals surface area contributed by atoms with E-state index in [9.17, 15) is 43.2 Å². The summed E-state index contributed by atoms with van der Waals surface area (Å²) in [5, 5.41) is 10.6. The molecule has 0 fully saturated rings. The number of aliphatic hydroxyl groups excluding tert-OH is 1. The summed E-state index contributed by atoms with van der Waals surface area (Å²) in [4.78, 5) is 72.7. The summed E-state index contributed by atoms with van der Waals surface area (Å²) in [6.07, 6.45) is 51.2. The molecule has 0 heterocycles. The highest BCUT2D eigenvalue weighted by molar-refractivity contribution is 7.47. The van der Waals surface area contributed by atoms with Gasteiger partial charge in [0.2, 0.25) is 0 Å². The number of phosphoric acid groups is 2. The van der Waals surface area contributed by atoms with Crippen LogP contribution in [0, 0.1) is 11.8 Å². The molecule has 3 N–H and O–H groups in total. The first-order chi connectivity index (χ1) is 44.4. The third kappa shape index (κ3) is 66.7. The first-order valence-electron chi connectivity index (χ1n) is 38.0. The predicted octanol–water partition coefficient (Wildman–Crippen LogP) is 21.2. The molecule has 17 nitrogen and oxygen atoms in total. The van der Waals surface area contributed by atoms with Gasteiger partial charge in [-0.1, -0.05) is 324 Å². The van der Waals surface area contributed by atoms with Gasteiger partial charge in [0.15, 0.2) is 12.2 Å². The van der Waals surface area contributed by atoms with E-state index in [0.717, 1.165) is 102 Å². The molecule has 0 spiro atoms. The fourth-order valence-electron chi connectivity index (χ4n) is 11.1. The third-order valence-corrected chi connectivity index (χ3v) is 18.9. The molecule has 0 aromatic carbocycles. The quantitative estimate of drug-likeness (QED) is 0.0222. The van der Waals surface area contributed by atoms with Crippen molar-refractivity contribution >= 4 is 39.5 Å². The summed E-state index contributed by atoms with van der Waals surface area (Å²) >= 11 is 0. The number of ether oxygens (including phenoxy) is 4. The van der Waals surface area contributed by atoms with Gasteiger partial charge in [0.05, 0.1) is 26.4 Å². The second-order valence-corrected chi connectivity index (χ2v) is 30.2. The topological polar surface area (TPSA) is 237 Å². The molecule has 5 atom stereocenters. The van der Waals surface area contributed by atoms with Crippen molar-refractivity contribution in [3.63, 3.8) is 0 Å². The monoisotopic (exact) mass is 1350 g/mol. The molecule has 0 radical (unpaired) electrons. The van der Waals surface area contributed by atoms with Crippen LogP contribution < -0.4 is 0 Å². The van der Waals surface area contributed by atoms with Crippen LogP contribution in [0.5, 0.6) is 0 Å². The minimum atomic E-state index is -4.95. The zero-order valence-corrected chi connectivity index (χ0v) is 61.6. The number of esters is 4. The van der Waals surface area contributed by atoms with Crippen molar-refractivity contribution in [2.75, 3.05) is 39.6 Å². The molecule has 0 aliphatic rings. The van der Waals surface area contributed by atoms with Gasteiger partial charge in [-0.2, -0.15) is 0 Å². The van der Waals surface area contributed by atoms with Crippen LogP contribution in [0.15, 0.2) is 0 Å². The Morgan fingerprint density at radius 1 is 0.293 bits per heavy atom. The minimum absolute atomic E-state index is 0.107. The van der Waals surface area contributed by atoms with Gasteiger partial charge in [-0.15, -0.1) is 0 Å². The van der Waals surface area contributed by atoms with Gasteiger partial charge >= 0.3 is 39.5 Å². The van der Waals surface area contributed by atoms with Crippen molar-refractivity contribution in [1.29, 1.82) is 0 Å².